The number of carbonyl (C=O) groups excluding carboxylic acids is 3. The second-order valence-corrected chi connectivity index (χ2v) is 10.1. The molecule has 0 saturated heterocycles. The van der Waals surface area contributed by atoms with E-state index in [1.54, 1.807) is 12.2 Å². The molecule has 4 unspecified atom stereocenters. The lowest BCUT2D eigenvalue weighted by atomic mass is 9.43. The van der Waals surface area contributed by atoms with Crippen molar-refractivity contribution in [3.63, 3.8) is 0 Å². The summed E-state index contributed by atoms with van der Waals surface area (Å²) in [6.45, 7) is 10.8. The summed E-state index contributed by atoms with van der Waals surface area (Å²) in [7, 11) is 0. The van der Waals surface area contributed by atoms with Crippen LogP contribution >= 0.6 is 0 Å². The minimum atomic E-state index is -0.560. The number of carbonyl (C=O) groups is 3. The summed E-state index contributed by atoms with van der Waals surface area (Å²) >= 11 is 0. The predicted octanol–water partition coefficient (Wildman–Crippen LogP) is 3.90. The number of Topliss-reactive ketones (excluding diaryl/α,β-unsaturated/α-hetero) is 1. The molecule has 2 saturated carbocycles. The molecule has 0 aromatic carbocycles. The number of aliphatic hydroxyl groups is 1. The van der Waals surface area contributed by atoms with Gasteiger partial charge in [-0.2, -0.15) is 0 Å². The van der Waals surface area contributed by atoms with Crippen LogP contribution in [0.5, 0.6) is 0 Å². The lowest BCUT2D eigenvalue weighted by molar-refractivity contribution is -0.159. The fourth-order valence-corrected chi connectivity index (χ4v) is 7.58. The highest BCUT2D eigenvalue weighted by Crippen LogP contribution is 2.64. The Bertz CT molecular complexity index is 768. The zero-order valence-corrected chi connectivity index (χ0v) is 18.9. The number of hydrogen-bond acceptors (Lipinski definition) is 5. The first-order valence-corrected chi connectivity index (χ1v) is 11.3. The molecule has 3 rings (SSSR count). The molecule has 0 amide bonds. The van der Waals surface area contributed by atoms with Gasteiger partial charge in [0.2, 0.25) is 0 Å². The van der Waals surface area contributed by atoms with E-state index in [0.29, 0.717) is 19.3 Å². The van der Waals surface area contributed by atoms with E-state index in [-0.39, 0.29) is 58.6 Å². The maximum atomic E-state index is 12.9. The average Bonchev–Trinajstić information content (AvgIpc) is 2.67. The van der Waals surface area contributed by atoms with Gasteiger partial charge in [-0.1, -0.05) is 52.7 Å². The highest BCUT2D eigenvalue weighted by atomic mass is 16.5. The van der Waals surface area contributed by atoms with Crippen LogP contribution in [0.4, 0.5) is 0 Å². The quantitative estimate of drug-likeness (QED) is 0.637. The van der Waals surface area contributed by atoms with Crippen LogP contribution in [0.1, 0.15) is 60.3 Å². The van der Waals surface area contributed by atoms with Gasteiger partial charge in [-0.25, -0.2) is 0 Å². The van der Waals surface area contributed by atoms with Crippen molar-refractivity contribution >= 4 is 18.0 Å². The number of rotatable bonds is 7. The average molecular weight is 417 g/mol. The molecule has 0 bridgehead atoms. The van der Waals surface area contributed by atoms with Crippen molar-refractivity contribution in [1.82, 2.24) is 0 Å². The molecular formula is C25H36O5. The smallest absolute Gasteiger partial charge is 0.293 e. The van der Waals surface area contributed by atoms with Crippen LogP contribution in [0.2, 0.25) is 0 Å². The maximum absolute atomic E-state index is 12.9. The first-order chi connectivity index (χ1) is 14.1. The number of allylic oxidation sites excluding steroid dienone is 4. The normalized spacial score (nSPS) is 41.3. The van der Waals surface area contributed by atoms with Gasteiger partial charge in [0.25, 0.3) is 6.47 Å². The summed E-state index contributed by atoms with van der Waals surface area (Å²) in [6, 6.07) is 0. The fourth-order valence-electron chi connectivity index (χ4n) is 7.58. The van der Waals surface area contributed by atoms with Crippen molar-refractivity contribution in [1.29, 1.82) is 0 Å². The number of fused-ring (bicyclic) bond motifs is 3. The van der Waals surface area contributed by atoms with Gasteiger partial charge in [0.05, 0.1) is 6.10 Å². The van der Waals surface area contributed by atoms with E-state index in [0.717, 1.165) is 18.4 Å². The summed E-state index contributed by atoms with van der Waals surface area (Å²) in [5.41, 5.74) is 0.437. The van der Waals surface area contributed by atoms with Crippen LogP contribution in [-0.2, 0) is 19.1 Å². The minimum absolute atomic E-state index is 0.0289. The minimum Gasteiger partial charge on any atom is -0.460 e. The van der Waals surface area contributed by atoms with Crippen LogP contribution in [0.3, 0.4) is 0 Å². The van der Waals surface area contributed by atoms with Crippen molar-refractivity contribution in [3.05, 3.63) is 23.8 Å². The summed E-state index contributed by atoms with van der Waals surface area (Å²) in [5.74, 6) is 0.512. The molecule has 0 radical (unpaired) electrons. The molecule has 3 aliphatic rings. The van der Waals surface area contributed by atoms with Crippen molar-refractivity contribution in [2.45, 2.75) is 66.4 Å². The third-order valence-corrected chi connectivity index (χ3v) is 8.58. The van der Waals surface area contributed by atoms with Gasteiger partial charge in [0.15, 0.2) is 11.6 Å². The Balaban J connectivity index is 2.02. The van der Waals surface area contributed by atoms with Crippen LogP contribution in [0.25, 0.3) is 0 Å². The molecule has 0 heterocycles. The molecule has 0 aromatic heterocycles. The Kier molecular flexibility index (Phi) is 6.43. The van der Waals surface area contributed by atoms with Crippen molar-refractivity contribution in [3.8, 4) is 0 Å². The molecule has 5 nitrogen and oxygen atoms in total. The Morgan fingerprint density at radius 3 is 2.67 bits per heavy atom. The molecular weight excluding hydrogens is 380 g/mol. The van der Waals surface area contributed by atoms with Gasteiger partial charge in [0, 0.05) is 17.3 Å². The highest BCUT2D eigenvalue weighted by Gasteiger charge is 2.60. The molecule has 0 spiro atoms. The van der Waals surface area contributed by atoms with E-state index in [1.165, 1.54) is 0 Å². The van der Waals surface area contributed by atoms with Gasteiger partial charge < -0.3 is 9.84 Å². The van der Waals surface area contributed by atoms with Crippen LogP contribution in [-0.4, -0.2) is 35.9 Å². The lowest BCUT2D eigenvalue weighted by Crippen LogP contribution is -2.59. The van der Waals surface area contributed by atoms with Gasteiger partial charge >= 0.3 is 0 Å². The van der Waals surface area contributed by atoms with E-state index in [1.807, 2.05) is 13.0 Å². The standard InChI is InChI=1S/C25H36O5/c1-6-18-17-10-15(3)20-11-16(27)8-9-24(20,4)23(17)21(28)12-25(18,5)19(7-2)22(29)13-30-14-26/h8-9,11,14-15,17-19,21,23,28H,6-7,10,12-13H2,1-5H3/t15-,17-,18?,19?,21?,23?,24-,25-/m0/s1. The number of ketones is 2. The Morgan fingerprint density at radius 1 is 1.37 bits per heavy atom. The molecule has 3 aliphatic carbocycles. The molecule has 2 fully saturated rings. The van der Waals surface area contributed by atoms with E-state index in [9.17, 15) is 19.5 Å². The Labute approximate surface area is 179 Å². The Morgan fingerprint density at radius 2 is 2.07 bits per heavy atom. The fraction of sp³-hybridized carbons (Fsp3) is 0.720. The number of ether oxygens (including phenoxy) is 1. The van der Waals surface area contributed by atoms with E-state index in [2.05, 4.69) is 27.7 Å². The van der Waals surface area contributed by atoms with Crippen molar-refractivity contribution in [2.75, 3.05) is 6.61 Å². The summed E-state index contributed by atoms with van der Waals surface area (Å²) in [5, 5.41) is 11.5. The van der Waals surface area contributed by atoms with E-state index < -0.39 is 6.10 Å². The maximum Gasteiger partial charge on any atom is 0.293 e. The van der Waals surface area contributed by atoms with E-state index in [4.69, 9.17) is 4.74 Å². The van der Waals surface area contributed by atoms with Crippen molar-refractivity contribution in [2.24, 2.45) is 40.4 Å². The zero-order valence-electron chi connectivity index (χ0n) is 18.9. The van der Waals surface area contributed by atoms with Gasteiger partial charge in [-0.05, 0) is 54.6 Å². The second kappa shape index (κ2) is 8.41. The molecule has 166 valence electrons. The highest BCUT2D eigenvalue weighted by molar-refractivity contribution is 6.01. The Hall–Kier alpha value is -1.75. The van der Waals surface area contributed by atoms with Gasteiger partial charge in [-0.3, -0.25) is 14.4 Å². The van der Waals surface area contributed by atoms with Crippen LogP contribution < -0.4 is 0 Å². The van der Waals surface area contributed by atoms with Crippen LogP contribution in [0.15, 0.2) is 23.8 Å². The third kappa shape index (κ3) is 3.49. The molecule has 0 aliphatic heterocycles. The monoisotopic (exact) mass is 416 g/mol. The topological polar surface area (TPSA) is 80.7 Å². The van der Waals surface area contributed by atoms with Gasteiger partial charge in [0.1, 0.15) is 6.61 Å². The molecule has 5 heteroatoms. The van der Waals surface area contributed by atoms with Gasteiger partial charge in [-0.15, -0.1) is 0 Å². The molecule has 30 heavy (non-hydrogen) atoms. The molecule has 8 atom stereocenters. The summed E-state index contributed by atoms with van der Waals surface area (Å²) in [4.78, 5) is 35.6. The second-order valence-electron chi connectivity index (χ2n) is 10.1. The number of aliphatic hydroxyl groups excluding tert-OH is 1. The molecule has 1 N–H and O–H groups in total. The first-order valence-electron chi connectivity index (χ1n) is 11.3. The predicted molar refractivity (Wildman–Crippen MR) is 114 cm³/mol. The lowest BCUT2D eigenvalue weighted by Gasteiger charge is -2.62. The number of hydrogen-bond donors (Lipinski definition) is 1. The summed E-state index contributed by atoms with van der Waals surface area (Å²) in [6.07, 6.45) is 7.90. The van der Waals surface area contributed by atoms with E-state index >= 15 is 0 Å². The third-order valence-electron chi connectivity index (χ3n) is 8.58. The van der Waals surface area contributed by atoms with Crippen LogP contribution in [0, 0.1) is 40.4 Å². The molecule has 0 aromatic rings. The largest absolute Gasteiger partial charge is 0.460 e. The van der Waals surface area contributed by atoms with Crippen molar-refractivity contribution < 1.29 is 24.2 Å². The first kappa shape index (κ1) is 22.9. The zero-order chi connectivity index (χ0) is 22.3. The summed E-state index contributed by atoms with van der Waals surface area (Å²) < 4.78 is 4.79. The SMILES string of the molecule is CCC(C(=O)COC=O)[C@@]1(C)CC(O)C2[C@@H](C[C@H](C)C3=CC(=O)C=C[C@@]32C)C1CC.